The minimum atomic E-state index is 0. The van der Waals surface area contributed by atoms with E-state index in [0.29, 0.717) is 0 Å². The van der Waals surface area contributed by atoms with E-state index in [1.165, 1.54) is 25.6 Å². The van der Waals surface area contributed by atoms with Crippen molar-refractivity contribution in [2.45, 2.75) is 6.92 Å². The standard InChI is InChI=1S/C35H25N3S.CH3.Y/c1-3-11-23(12-4-2)25-21-28(24-13-6-5-7-14-24)37-32(22-25)38-29-19-18-27-26-15-8-9-17-31(26)39-35(27)33(29)34-30(38)16-10-20-36-34;;/h3-22H,1H2,2H3;1H3;/q;-1;/b12-4-,23-11+;;. The van der Waals surface area contributed by atoms with Gasteiger partial charge in [0.15, 0.2) is 0 Å². The third-order valence-corrected chi connectivity index (χ3v) is 8.32. The topological polar surface area (TPSA) is 30.7 Å². The predicted molar refractivity (Wildman–Crippen MR) is 174 cm³/mol. The molecule has 0 saturated heterocycles. The Kier molecular flexibility index (Phi) is 8.46. The van der Waals surface area contributed by atoms with E-state index in [1.54, 1.807) is 0 Å². The Balaban J connectivity index is 0.00000169. The smallest absolute Gasteiger partial charge is 0.138 e. The van der Waals surface area contributed by atoms with Gasteiger partial charge in [0.2, 0.25) is 0 Å². The summed E-state index contributed by atoms with van der Waals surface area (Å²) in [5.74, 6) is 0.860. The summed E-state index contributed by atoms with van der Waals surface area (Å²) in [6.45, 7) is 5.99. The number of aromatic nitrogens is 3. The van der Waals surface area contributed by atoms with E-state index < -0.39 is 0 Å². The molecule has 41 heavy (non-hydrogen) atoms. The molecule has 0 N–H and O–H groups in total. The minimum absolute atomic E-state index is 0. The zero-order valence-electron chi connectivity index (χ0n) is 23.1. The van der Waals surface area contributed by atoms with E-state index in [0.717, 1.165) is 44.8 Å². The molecule has 0 atom stereocenters. The summed E-state index contributed by atoms with van der Waals surface area (Å²) < 4.78 is 4.81. The van der Waals surface area contributed by atoms with Crippen LogP contribution < -0.4 is 0 Å². The Hall–Kier alpha value is -3.70. The maximum Gasteiger partial charge on any atom is 0.138 e. The SMILES string of the molecule is C=C/C=C(\C=C/C)c1cc(-c2ccccc2)nc(-n2c3cccnc3c3c4sc5ccccc5c4ccc32)c1.[CH3-].[Y]. The van der Waals surface area contributed by atoms with Crippen LogP contribution in [0.4, 0.5) is 0 Å². The van der Waals surface area contributed by atoms with E-state index >= 15 is 0 Å². The van der Waals surface area contributed by atoms with E-state index in [-0.39, 0.29) is 40.1 Å². The predicted octanol–water partition coefficient (Wildman–Crippen LogP) is 10.2. The maximum absolute atomic E-state index is 5.23. The van der Waals surface area contributed by atoms with Gasteiger partial charge in [-0.1, -0.05) is 85.5 Å². The van der Waals surface area contributed by atoms with Crippen molar-refractivity contribution in [2.24, 2.45) is 0 Å². The largest absolute Gasteiger partial charge is 0.358 e. The monoisotopic (exact) mass is 623 g/mol. The number of pyridine rings is 2. The average molecular weight is 624 g/mol. The molecule has 3 nitrogen and oxygen atoms in total. The van der Waals surface area contributed by atoms with E-state index in [9.17, 15) is 0 Å². The molecule has 7 rings (SSSR count). The Morgan fingerprint density at radius 3 is 2.49 bits per heavy atom. The van der Waals surface area contributed by atoms with Crippen LogP contribution in [0.15, 0.2) is 128 Å². The van der Waals surface area contributed by atoms with Gasteiger partial charge in [-0.15, -0.1) is 11.3 Å². The first kappa shape index (κ1) is 28.8. The van der Waals surface area contributed by atoms with Crippen molar-refractivity contribution in [3.8, 4) is 17.1 Å². The van der Waals surface area contributed by atoms with Crippen molar-refractivity contribution in [1.29, 1.82) is 0 Å². The van der Waals surface area contributed by atoms with E-state index in [4.69, 9.17) is 9.97 Å². The Labute approximate surface area is 269 Å². The number of thiophene rings is 1. The quantitative estimate of drug-likeness (QED) is 0.141. The molecule has 0 fully saturated rings. The Morgan fingerprint density at radius 2 is 1.68 bits per heavy atom. The number of benzene rings is 3. The van der Waals surface area contributed by atoms with Crippen LogP contribution in [0.1, 0.15) is 12.5 Å². The first-order valence-electron chi connectivity index (χ1n) is 13.0. The zero-order valence-corrected chi connectivity index (χ0v) is 26.7. The molecule has 0 aliphatic heterocycles. The second kappa shape index (κ2) is 12.0. The molecule has 0 saturated carbocycles. The molecular formula is C36H28N3SY-. The third kappa shape index (κ3) is 4.91. The van der Waals surface area contributed by atoms with Gasteiger partial charge in [-0.25, -0.2) is 4.98 Å². The summed E-state index contributed by atoms with van der Waals surface area (Å²) in [6, 6.07) is 31.9. The van der Waals surface area contributed by atoms with Crippen molar-refractivity contribution in [3.63, 3.8) is 0 Å². The van der Waals surface area contributed by atoms with Gasteiger partial charge in [-0.05, 0) is 54.5 Å². The number of allylic oxidation sites excluding steroid dienone is 5. The summed E-state index contributed by atoms with van der Waals surface area (Å²) in [5, 5.41) is 3.73. The second-order valence-electron chi connectivity index (χ2n) is 9.46. The van der Waals surface area contributed by atoms with Crippen LogP contribution in [0.2, 0.25) is 0 Å². The molecule has 0 amide bonds. The number of rotatable bonds is 5. The number of hydrogen-bond acceptors (Lipinski definition) is 3. The molecule has 197 valence electrons. The Morgan fingerprint density at radius 1 is 0.878 bits per heavy atom. The van der Waals surface area contributed by atoms with Crippen LogP contribution in [-0.2, 0) is 32.7 Å². The van der Waals surface area contributed by atoms with Crippen LogP contribution in [0, 0.1) is 7.43 Å². The van der Waals surface area contributed by atoms with Gasteiger partial charge in [-0.2, -0.15) is 0 Å². The van der Waals surface area contributed by atoms with Crippen molar-refractivity contribution < 1.29 is 32.7 Å². The van der Waals surface area contributed by atoms with Crippen LogP contribution >= 0.6 is 11.3 Å². The summed E-state index contributed by atoms with van der Waals surface area (Å²) >= 11 is 1.83. The molecule has 0 bridgehead atoms. The molecule has 0 spiro atoms. The van der Waals surface area contributed by atoms with E-state index in [1.807, 2.05) is 48.7 Å². The maximum atomic E-state index is 5.23. The van der Waals surface area contributed by atoms with Crippen molar-refractivity contribution in [1.82, 2.24) is 14.5 Å². The first-order chi connectivity index (χ1) is 19.3. The van der Waals surface area contributed by atoms with Crippen molar-refractivity contribution in [2.75, 3.05) is 0 Å². The van der Waals surface area contributed by atoms with Crippen molar-refractivity contribution in [3.05, 3.63) is 141 Å². The molecule has 0 aliphatic rings. The molecule has 4 aromatic heterocycles. The van der Waals surface area contributed by atoms with Crippen LogP contribution in [0.25, 0.3) is 64.8 Å². The fraction of sp³-hybridized carbons (Fsp3) is 0.0278. The minimum Gasteiger partial charge on any atom is -0.358 e. The van der Waals surface area contributed by atoms with Gasteiger partial charge in [0.1, 0.15) is 5.82 Å². The van der Waals surface area contributed by atoms with Gasteiger partial charge in [-0.3, -0.25) is 9.55 Å². The van der Waals surface area contributed by atoms with Crippen molar-refractivity contribution >= 4 is 59.0 Å². The zero-order chi connectivity index (χ0) is 26.3. The van der Waals surface area contributed by atoms with Gasteiger partial charge in [0, 0.05) is 70.0 Å². The van der Waals surface area contributed by atoms with Crippen LogP contribution in [0.5, 0.6) is 0 Å². The second-order valence-corrected chi connectivity index (χ2v) is 10.5. The fourth-order valence-electron chi connectivity index (χ4n) is 5.45. The average Bonchev–Trinajstić information content (AvgIpc) is 3.53. The van der Waals surface area contributed by atoms with E-state index in [2.05, 4.69) is 102 Å². The number of hydrogen-bond donors (Lipinski definition) is 0. The van der Waals surface area contributed by atoms with Gasteiger partial charge < -0.3 is 7.43 Å². The number of nitrogens with zero attached hydrogens (tertiary/aromatic N) is 3. The normalized spacial score (nSPS) is 11.8. The molecule has 5 heteroatoms. The van der Waals surface area contributed by atoms with Gasteiger partial charge in [0.05, 0.1) is 22.2 Å². The summed E-state index contributed by atoms with van der Waals surface area (Å²) in [6.07, 6.45) is 9.93. The molecule has 0 unspecified atom stereocenters. The first-order valence-corrected chi connectivity index (χ1v) is 13.8. The Bertz CT molecular complexity index is 2100. The summed E-state index contributed by atoms with van der Waals surface area (Å²) in [4.78, 5) is 10.1. The van der Waals surface area contributed by atoms with Gasteiger partial charge in [0.25, 0.3) is 0 Å². The third-order valence-electron chi connectivity index (χ3n) is 7.12. The summed E-state index contributed by atoms with van der Waals surface area (Å²) in [5.41, 5.74) is 7.30. The molecule has 7 aromatic rings. The molecule has 1 radical (unpaired) electrons. The summed E-state index contributed by atoms with van der Waals surface area (Å²) in [7, 11) is 0. The number of fused-ring (bicyclic) bond motifs is 7. The van der Waals surface area contributed by atoms with Crippen LogP contribution in [-0.4, -0.2) is 14.5 Å². The molecular weight excluding hydrogens is 595 g/mol. The molecule has 3 aromatic carbocycles. The molecule has 0 aliphatic carbocycles. The van der Waals surface area contributed by atoms with Crippen LogP contribution in [0.3, 0.4) is 0 Å². The van der Waals surface area contributed by atoms with Gasteiger partial charge >= 0.3 is 0 Å². The fourth-order valence-corrected chi connectivity index (χ4v) is 6.69. The molecule has 4 heterocycles.